The van der Waals surface area contributed by atoms with Crippen molar-refractivity contribution in [2.45, 2.75) is 23.4 Å². The molecule has 1 aromatic carbocycles. The normalized spacial score (nSPS) is 10.8. The molecule has 1 amide bonds. The number of hydrogen-bond donors (Lipinski definition) is 1. The second-order valence-corrected chi connectivity index (χ2v) is 8.40. The van der Waals surface area contributed by atoms with Crippen LogP contribution in [0.5, 0.6) is 0 Å². The number of aromatic nitrogens is 2. The van der Waals surface area contributed by atoms with E-state index < -0.39 is 0 Å². The van der Waals surface area contributed by atoms with E-state index in [0.29, 0.717) is 0 Å². The number of nitrogens with one attached hydrogen (secondary N) is 1. The van der Waals surface area contributed by atoms with Crippen molar-refractivity contribution in [1.29, 1.82) is 0 Å². The highest BCUT2D eigenvalue weighted by Crippen LogP contribution is 2.27. The molecule has 0 fully saturated rings. The Labute approximate surface area is 157 Å². The van der Waals surface area contributed by atoms with Gasteiger partial charge in [0.25, 0.3) is 0 Å². The Morgan fingerprint density at radius 1 is 1.38 bits per heavy atom. The topological polar surface area (TPSA) is 54.9 Å². The summed E-state index contributed by atoms with van der Waals surface area (Å²) in [6.07, 6.45) is 0.269. The van der Waals surface area contributed by atoms with Gasteiger partial charge in [-0.25, -0.2) is 4.98 Å². The molecule has 0 aliphatic carbocycles. The number of amides is 1. The summed E-state index contributed by atoms with van der Waals surface area (Å²) < 4.78 is 5.09. The zero-order chi connectivity index (χ0) is 16.9. The molecule has 0 atom stereocenters. The number of benzene rings is 1. The molecule has 0 saturated heterocycles. The van der Waals surface area contributed by atoms with Gasteiger partial charge in [-0.1, -0.05) is 35.5 Å². The zero-order valence-electron chi connectivity index (χ0n) is 12.8. The van der Waals surface area contributed by atoms with Crippen LogP contribution in [0.1, 0.15) is 17.0 Å². The van der Waals surface area contributed by atoms with E-state index >= 15 is 0 Å². The van der Waals surface area contributed by atoms with Gasteiger partial charge < -0.3 is 5.32 Å². The second-order valence-electron chi connectivity index (χ2n) is 5.08. The van der Waals surface area contributed by atoms with Gasteiger partial charge in [-0.05, 0) is 42.2 Å². The molecular weight excluding hydrogens is 382 g/mol. The van der Waals surface area contributed by atoms with E-state index in [1.165, 1.54) is 11.5 Å². The zero-order valence-corrected chi connectivity index (χ0v) is 16.0. The molecule has 0 spiro atoms. The molecule has 124 valence electrons. The van der Waals surface area contributed by atoms with E-state index in [-0.39, 0.29) is 12.3 Å². The maximum Gasteiger partial charge on any atom is 0.231 e. The van der Waals surface area contributed by atoms with Crippen LogP contribution >= 0.6 is 46.2 Å². The molecule has 0 bridgehead atoms. The maximum atomic E-state index is 12.0. The Kier molecular flexibility index (Phi) is 5.89. The Morgan fingerprint density at radius 3 is 3.00 bits per heavy atom. The first-order valence-electron chi connectivity index (χ1n) is 7.13. The number of nitrogens with zero attached hydrogens (tertiary/aromatic N) is 2. The van der Waals surface area contributed by atoms with Gasteiger partial charge in [0.05, 0.1) is 17.8 Å². The lowest BCUT2D eigenvalue weighted by atomic mass is 10.2. The van der Waals surface area contributed by atoms with Crippen LogP contribution in [-0.4, -0.2) is 15.3 Å². The molecule has 3 aromatic rings. The van der Waals surface area contributed by atoms with E-state index in [1.807, 2.05) is 42.6 Å². The first-order chi connectivity index (χ1) is 11.6. The minimum Gasteiger partial charge on any atom is -0.316 e. The lowest BCUT2D eigenvalue weighted by Crippen LogP contribution is -2.13. The van der Waals surface area contributed by atoms with Crippen LogP contribution in [0.25, 0.3) is 0 Å². The van der Waals surface area contributed by atoms with Crippen molar-refractivity contribution >= 4 is 57.1 Å². The first-order valence-corrected chi connectivity index (χ1v) is 10.1. The summed E-state index contributed by atoms with van der Waals surface area (Å²) in [5.41, 5.74) is 2.85. The highest BCUT2D eigenvalue weighted by molar-refractivity contribution is 8.00. The van der Waals surface area contributed by atoms with Gasteiger partial charge in [-0.3, -0.25) is 4.79 Å². The van der Waals surface area contributed by atoms with Crippen LogP contribution in [-0.2, 0) is 17.0 Å². The Bertz CT molecular complexity index is 846. The molecule has 1 N–H and O–H groups in total. The summed E-state index contributed by atoms with van der Waals surface area (Å²) in [6.45, 7) is 1.90. The number of thioether (sulfide) groups is 1. The summed E-state index contributed by atoms with van der Waals surface area (Å²) in [5, 5.41) is 6.28. The number of anilines is 1. The predicted molar refractivity (Wildman–Crippen MR) is 102 cm³/mol. The molecule has 2 heterocycles. The third-order valence-electron chi connectivity index (χ3n) is 3.01. The van der Waals surface area contributed by atoms with Crippen LogP contribution in [0.4, 0.5) is 5.00 Å². The molecule has 3 rings (SSSR count). The largest absolute Gasteiger partial charge is 0.316 e. The summed E-state index contributed by atoms with van der Waals surface area (Å²) in [5.74, 6) is 0.732. The van der Waals surface area contributed by atoms with Crippen LogP contribution in [0, 0.1) is 6.92 Å². The van der Waals surface area contributed by atoms with E-state index in [4.69, 9.17) is 11.6 Å². The number of carbonyl (C=O) groups is 1. The third kappa shape index (κ3) is 5.04. The summed E-state index contributed by atoms with van der Waals surface area (Å²) in [4.78, 5) is 16.5. The van der Waals surface area contributed by atoms with E-state index in [9.17, 15) is 4.79 Å². The number of rotatable bonds is 6. The smallest absolute Gasteiger partial charge is 0.231 e. The average Bonchev–Trinajstić information content (AvgIpc) is 3.14. The van der Waals surface area contributed by atoms with Crippen LogP contribution in [0.3, 0.4) is 0 Å². The highest BCUT2D eigenvalue weighted by Gasteiger charge is 2.10. The molecule has 4 nitrogen and oxygen atoms in total. The van der Waals surface area contributed by atoms with Gasteiger partial charge >= 0.3 is 0 Å². The number of halogens is 1. The maximum absolute atomic E-state index is 12.0. The molecule has 8 heteroatoms. The average molecular weight is 396 g/mol. The van der Waals surface area contributed by atoms with Gasteiger partial charge in [0.2, 0.25) is 5.91 Å². The SMILES string of the molecule is Cc1cc(NC(=O)Cc2csc(SCc3cccc(Cl)c3)n2)sn1. The van der Waals surface area contributed by atoms with Crippen LogP contribution in [0.15, 0.2) is 40.1 Å². The highest BCUT2D eigenvalue weighted by atomic mass is 35.5. The summed E-state index contributed by atoms with van der Waals surface area (Å²) in [6, 6.07) is 9.65. The van der Waals surface area contributed by atoms with Crippen molar-refractivity contribution in [3.8, 4) is 0 Å². The quantitative estimate of drug-likeness (QED) is 0.594. The van der Waals surface area contributed by atoms with Crippen molar-refractivity contribution in [1.82, 2.24) is 9.36 Å². The molecule has 2 aromatic heterocycles. The lowest BCUT2D eigenvalue weighted by molar-refractivity contribution is -0.115. The molecular formula is C16H14ClN3OS3. The fourth-order valence-electron chi connectivity index (χ4n) is 1.98. The molecule has 0 aliphatic rings. The van der Waals surface area contributed by atoms with Crippen molar-refractivity contribution < 1.29 is 4.79 Å². The molecule has 0 unspecified atom stereocenters. The summed E-state index contributed by atoms with van der Waals surface area (Å²) in [7, 11) is 0. The Balaban J connectivity index is 1.52. The van der Waals surface area contributed by atoms with E-state index in [2.05, 4.69) is 14.7 Å². The molecule has 0 aliphatic heterocycles. The number of hydrogen-bond acceptors (Lipinski definition) is 6. The van der Waals surface area contributed by atoms with Gasteiger partial charge in [0, 0.05) is 16.2 Å². The standard InChI is InChI=1S/C16H14ClN3OS3/c1-10-5-15(24-20-10)19-14(21)7-13-9-23-16(18-13)22-8-11-3-2-4-12(17)6-11/h2-6,9H,7-8H2,1H3,(H,19,21). The Hall–Kier alpha value is -1.41. The summed E-state index contributed by atoms with van der Waals surface area (Å²) >= 11 is 10.5. The van der Waals surface area contributed by atoms with Crippen molar-refractivity contribution in [3.05, 3.63) is 57.7 Å². The van der Waals surface area contributed by atoms with Crippen molar-refractivity contribution in [3.63, 3.8) is 0 Å². The fraction of sp³-hybridized carbons (Fsp3) is 0.188. The van der Waals surface area contributed by atoms with Gasteiger partial charge in [-0.2, -0.15) is 4.37 Å². The fourth-order valence-corrected chi connectivity index (χ4v) is 4.65. The van der Waals surface area contributed by atoms with E-state index in [0.717, 1.165) is 37.1 Å². The van der Waals surface area contributed by atoms with E-state index in [1.54, 1.807) is 23.1 Å². The minimum atomic E-state index is -0.0738. The predicted octanol–water partition coefficient (Wildman–Crippen LogP) is 5.03. The van der Waals surface area contributed by atoms with Crippen molar-refractivity contribution in [2.75, 3.05) is 5.32 Å². The Morgan fingerprint density at radius 2 is 2.25 bits per heavy atom. The molecule has 0 radical (unpaired) electrons. The molecule has 0 saturated carbocycles. The van der Waals surface area contributed by atoms with Crippen LogP contribution < -0.4 is 5.32 Å². The monoisotopic (exact) mass is 395 g/mol. The van der Waals surface area contributed by atoms with Crippen LogP contribution in [0.2, 0.25) is 5.02 Å². The number of carbonyl (C=O) groups excluding carboxylic acids is 1. The number of thiazole rings is 1. The molecule has 24 heavy (non-hydrogen) atoms. The van der Waals surface area contributed by atoms with Gasteiger partial charge in [-0.15, -0.1) is 11.3 Å². The van der Waals surface area contributed by atoms with Gasteiger partial charge in [0.1, 0.15) is 9.34 Å². The van der Waals surface area contributed by atoms with Crippen molar-refractivity contribution in [2.24, 2.45) is 0 Å². The number of aryl methyl sites for hydroxylation is 1. The second kappa shape index (κ2) is 8.11. The third-order valence-corrected chi connectivity index (χ3v) is 6.19. The minimum absolute atomic E-state index is 0.0738. The lowest BCUT2D eigenvalue weighted by Gasteiger charge is -2.00. The van der Waals surface area contributed by atoms with Gasteiger partial charge in [0.15, 0.2) is 0 Å². The first kappa shape index (κ1) is 17.4.